The van der Waals surface area contributed by atoms with E-state index in [4.69, 9.17) is 4.74 Å². The second-order valence-corrected chi connectivity index (χ2v) is 3.36. The van der Waals surface area contributed by atoms with Crippen LogP contribution in [0.4, 0.5) is 4.39 Å². The summed E-state index contributed by atoms with van der Waals surface area (Å²) in [6.45, 7) is 2.58. The zero-order chi connectivity index (χ0) is 11.1. The average Bonchev–Trinajstić information content (AvgIpc) is 2.26. The number of aldehydes is 1. The van der Waals surface area contributed by atoms with Crippen LogP contribution in [0.2, 0.25) is 0 Å². The van der Waals surface area contributed by atoms with Gasteiger partial charge in [0.1, 0.15) is 6.29 Å². The van der Waals surface area contributed by atoms with Gasteiger partial charge in [0, 0.05) is 5.56 Å². The van der Waals surface area contributed by atoms with E-state index in [-0.39, 0.29) is 5.75 Å². The molecule has 15 heavy (non-hydrogen) atoms. The van der Waals surface area contributed by atoms with Crippen molar-refractivity contribution in [1.82, 2.24) is 0 Å². The third-order valence-electron chi connectivity index (χ3n) is 2.10. The Labute approximate surface area is 89.1 Å². The van der Waals surface area contributed by atoms with E-state index in [9.17, 15) is 9.18 Å². The summed E-state index contributed by atoms with van der Waals surface area (Å²) in [5.41, 5.74) is 0.432. The molecule has 0 fully saturated rings. The lowest BCUT2D eigenvalue weighted by atomic mass is 10.2. The Balaban J connectivity index is 2.55. The Hall–Kier alpha value is -1.38. The van der Waals surface area contributed by atoms with Crippen molar-refractivity contribution in [3.8, 4) is 5.75 Å². The van der Waals surface area contributed by atoms with Gasteiger partial charge in [-0.25, -0.2) is 4.39 Å². The van der Waals surface area contributed by atoms with Crippen molar-refractivity contribution in [1.29, 1.82) is 0 Å². The summed E-state index contributed by atoms with van der Waals surface area (Å²) >= 11 is 0. The van der Waals surface area contributed by atoms with Crippen LogP contribution in [0, 0.1) is 5.82 Å². The Bertz CT molecular complexity index is 323. The van der Waals surface area contributed by atoms with Crippen LogP contribution in [-0.4, -0.2) is 12.9 Å². The molecule has 0 bridgehead atoms. The van der Waals surface area contributed by atoms with Gasteiger partial charge >= 0.3 is 0 Å². The lowest BCUT2D eigenvalue weighted by molar-refractivity contribution is 0.112. The first kappa shape index (κ1) is 11.7. The van der Waals surface area contributed by atoms with Crippen LogP contribution in [0.3, 0.4) is 0 Å². The van der Waals surface area contributed by atoms with E-state index in [0.717, 1.165) is 19.3 Å². The van der Waals surface area contributed by atoms with E-state index >= 15 is 0 Å². The van der Waals surface area contributed by atoms with E-state index < -0.39 is 5.82 Å². The highest BCUT2D eigenvalue weighted by atomic mass is 19.1. The third kappa shape index (κ3) is 3.70. The summed E-state index contributed by atoms with van der Waals surface area (Å²) in [6, 6.07) is 4.11. The van der Waals surface area contributed by atoms with Gasteiger partial charge in [-0.05, 0) is 24.6 Å². The van der Waals surface area contributed by atoms with Gasteiger partial charge in [-0.1, -0.05) is 19.8 Å². The number of halogens is 1. The van der Waals surface area contributed by atoms with Crippen molar-refractivity contribution in [2.75, 3.05) is 6.61 Å². The van der Waals surface area contributed by atoms with Crippen molar-refractivity contribution in [2.45, 2.75) is 26.2 Å². The monoisotopic (exact) mass is 210 g/mol. The normalized spacial score (nSPS) is 10.0. The number of hydrogen-bond donors (Lipinski definition) is 0. The summed E-state index contributed by atoms with van der Waals surface area (Å²) in [7, 11) is 0. The summed E-state index contributed by atoms with van der Waals surface area (Å²) in [5, 5.41) is 0. The van der Waals surface area contributed by atoms with Crippen LogP contribution in [0.15, 0.2) is 18.2 Å². The standard InChI is InChI=1S/C12H15FO2/c1-2-3-4-7-15-12-8-10(9-14)5-6-11(12)13/h5-6,8-9H,2-4,7H2,1H3. The smallest absolute Gasteiger partial charge is 0.165 e. The number of hydrogen-bond acceptors (Lipinski definition) is 2. The second-order valence-electron chi connectivity index (χ2n) is 3.36. The van der Waals surface area contributed by atoms with Gasteiger partial charge < -0.3 is 4.74 Å². The molecule has 0 radical (unpaired) electrons. The van der Waals surface area contributed by atoms with Gasteiger partial charge in [-0.15, -0.1) is 0 Å². The van der Waals surface area contributed by atoms with Crippen LogP contribution in [-0.2, 0) is 0 Å². The second kappa shape index (κ2) is 6.17. The fourth-order valence-corrected chi connectivity index (χ4v) is 1.24. The Morgan fingerprint density at radius 2 is 2.20 bits per heavy atom. The van der Waals surface area contributed by atoms with E-state index in [1.165, 1.54) is 18.2 Å². The van der Waals surface area contributed by atoms with E-state index in [1.54, 1.807) is 0 Å². The molecule has 0 saturated heterocycles. The topological polar surface area (TPSA) is 26.3 Å². The van der Waals surface area contributed by atoms with Crippen LogP contribution in [0.25, 0.3) is 0 Å². The maximum atomic E-state index is 13.2. The number of carbonyl (C=O) groups is 1. The van der Waals surface area contributed by atoms with Crippen LogP contribution in [0.1, 0.15) is 36.5 Å². The Morgan fingerprint density at radius 1 is 1.40 bits per heavy atom. The van der Waals surface area contributed by atoms with Crippen LogP contribution < -0.4 is 4.74 Å². The largest absolute Gasteiger partial charge is 0.490 e. The van der Waals surface area contributed by atoms with E-state index in [2.05, 4.69) is 6.92 Å². The SMILES string of the molecule is CCCCCOc1cc(C=O)ccc1F. The molecule has 82 valence electrons. The lowest BCUT2D eigenvalue weighted by Gasteiger charge is -2.06. The molecule has 1 aromatic rings. The average molecular weight is 210 g/mol. The van der Waals surface area contributed by atoms with Crippen molar-refractivity contribution in [2.24, 2.45) is 0 Å². The highest BCUT2D eigenvalue weighted by molar-refractivity contribution is 5.75. The Kier molecular flexibility index (Phi) is 4.81. The molecule has 3 heteroatoms. The quantitative estimate of drug-likeness (QED) is 0.532. The molecule has 0 heterocycles. The lowest BCUT2D eigenvalue weighted by Crippen LogP contribution is -1.99. The van der Waals surface area contributed by atoms with Gasteiger partial charge in [0.05, 0.1) is 6.61 Å². The highest BCUT2D eigenvalue weighted by Crippen LogP contribution is 2.18. The first-order valence-electron chi connectivity index (χ1n) is 5.15. The van der Waals surface area contributed by atoms with Gasteiger partial charge in [-0.2, -0.15) is 0 Å². The predicted molar refractivity (Wildman–Crippen MR) is 56.8 cm³/mol. The minimum Gasteiger partial charge on any atom is -0.490 e. The summed E-state index contributed by atoms with van der Waals surface area (Å²) in [4.78, 5) is 10.5. The summed E-state index contributed by atoms with van der Waals surface area (Å²) < 4.78 is 18.4. The number of ether oxygens (including phenoxy) is 1. The molecule has 0 aliphatic heterocycles. The molecule has 0 aliphatic carbocycles. The maximum absolute atomic E-state index is 13.2. The number of carbonyl (C=O) groups excluding carboxylic acids is 1. The first-order valence-corrected chi connectivity index (χ1v) is 5.15. The molecule has 1 rings (SSSR count). The van der Waals surface area contributed by atoms with Crippen LogP contribution >= 0.6 is 0 Å². The zero-order valence-electron chi connectivity index (χ0n) is 8.83. The van der Waals surface area contributed by atoms with Crippen molar-refractivity contribution in [3.63, 3.8) is 0 Å². The maximum Gasteiger partial charge on any atom is 0.165 e. The molecule has 0 N–H and O–H groups in total. The molecule has 0 atom stereocenters. The van der Waals surface area contributed by atoms with Gasteiger partial charge in [0.25, 0.3) is 0 Å². The minimum atomic E-state index is -0.419. The van der Waals surface area contributed by atoms with Gasteiger partial charge in [0.2, 0.25) is 0 Å². The Morgan fingerprint density at radius 3 is 2.87 bits per heavy atom. The fourth-order valence-electron chi connectivity index (χ4n) is 1.24. The molecular weight excluding hydrogens is 195 g/mol. The number of benzene rings is 1. The predicted octanol–water partition coefficient (Wildman–Crippen LogP) is 3.21. The molecule has 0 aliphatic rings. The van der Waals surface area contributed by atoms with E-state index in [0.29, 0.717) is 18.5 Å². The van der Waals surface area contributed by atoms with Crippen LogP contribution in [0.5, 0.6) is 5.75 Å². The molecule has 0 unspecified atom stereocenters. The summed E-state index contributed by atoms with van der Waals surface area (Å²) in [5.74, 6) is -0.257. The molecule has 2 nitrogen and oxygen atoms in total. The molecular formula is C12H15FO2. The molecule has 0 amide bonds. The fraction of sp³-hybridized carbons (Fsp3) is 0.417. The highest BCUT2D eigenvalue weighted by Gasteiger charge is 2.03. The summed E-state index contributed by atoms with van der Waals surface area (Å²) in [6.07, 6.45) is 3.74. The zero-order valence-corrected chi connectivity index (χ0v) is 8.83. The molecule has 0 saturated carbocycles. The number of rotatable bonds is 6. The van der Waals surface area contributed by atoms with E-state index in [1.807, 2.05) is 0 Å². The number of unbranched alkanes of at least 4 members (excludes halogenated alkanes) is 2. The van der Waals surface area contributed by atoms with Crippen molar-refractivity contribution < 1.29 is 13.9 Å². The third-order valence-corrected chi connectivity index (χ3v) is 2.10. The van der Waals surface area contributed by atoms with Gasteiger partial charge in [-0.3, -0.25) is 4.79 Å². The minimum absolute atomic E-state index is 0.163. The first-order chi connectivity index (χ1) is 7.27. The van der Waals surface area contributed by atoms with Gasteiger partial charge in [0.15, 0.2) is 11.6 Å². The molecule has 0 aromatic heterocycles. The van der Waals surface area contributed by atoms with Crippen molar-refractivity contribution >= 4 is 6.29 Å². The molecule has 0 spiro atoms. The molecule has 1 aromatic carbocycles. The van der Waals surface area contributed by atoms with Crippen molar-refractivity contribution in [3.05, 3.63) is 29.6 Å².